The Labute approximate surface area is 212 Å². The van der Waals surface area contributed by atoms with E-state index in [9.17, 15) is 24.2 Å². The van der Waals surface area contributed by atoms with E-state index in [1.165, 1.54) is 34.3 Å². The molecule has 0 fully saturated rings. The van der Waals surface area contributed by atoms with Crippen molar-refractivity contribution in [1.82, 2.24) is 0 Å². The molecule has 9 heteroatoms. The minimum atomic E-state index is -1.14. The average molecular weight is 501 g/mol. The van der Waals surface area contributed by atoms with E-state index in [0.717, 1.165) is 25.0 Å². The number of aromatic carboxylic acids is 1. The standard InChI is InChI=1S/C28H25FN4O4/c1-15-24(26(35)33(32-15)20-8-7-16-9-10-28(2,3)22(16)14-20)31-30-23-13-19(29)12-21(25(23)34)17-5-4-6-18(11-17)27(36)37/h4-8,11-14,30,34H,9-10H2,1-3H3,(H,36,37). The van der Waals surface area contributed by atoms with E-state index >= 15 is 0 Å². The maximum Gasteiger partial charge on any atom is 0.335 e. The largest absolute Gasteiger partial charge is 0.505 e. The van der Waals surface area contributed by atoms with Crippen molar-refractivity contribution in [2.45, 2.75) is 39.0 Å². The SMILES string of the molecule is CC1=NN(c2ccc3c(c2)C(C)(C)CC3)C(=O)C1=NNc1cc(F)cc(-c2cccc(C(=O)O)c2)c1O. The van der Waals surface area contributed by atoms with Crippen molar-refractivity contribution < 1.29 is 24.2 Å². The van der Waals surface area contributed by atoms with Gasteiger partial charge in [0.25, 0.3) is 0 Å². The van der Waals surface area contributed by atoms with Crippen LogP contribution in [0.1, 0.15) is 48.7 Å². The van der Waals surface area contributed by atoms with Crippen LogP contribution in [0.25, 0.3) is 11.1 Å². The molecule has 8 nitrogen and oxygen atoms in total. The summed E-state index contributed by atoms with van der Waals surface area (Å²) in [5.41, 5.74) is 6.39. The quantitative estimate of drug-likeness (QED) is 0.324. The highest BCUT2D eigenvalue weighted by Crippen LogP contribution is 2.41. The van der Waals surface area contributed by atoms with Crippen molar-refractivity contribution in [3.63, 3.8) is 0 Å². The third-order valence-corrected chi connectivity index (χ3v) is 6.86. The predicted molar refractivity (Wildman–Crippen MR) is 140 cm³/mol. The van der Waals surface area contributed by atoms with Gasteiger partial charge in [-0.2, -0.15) is 15.2 Å². The fourth-order valence-electron chi connectivity index (χ4n) is 4.77. The number of anilines is 2. The maximum atomic E-state index is 14.4. The fourth-order valence-corrected chi connectivity index (χ4v) is 4.77. The van der Waals surface area contributed by atoms with Crippen molar-refractivity contribution in [3.8, 4) is 16.9 Å². The number of nitrogens with zero attached hydrogens (tertiary/aromatic N) is 3. The molecule has 0 radical (unpaired) electrons. The number of fused-ring (bicyclic) bond motifs is 1. The topological polar surface area (TPSA) is 115 Å². The first-order valence-electron chi connectivity index (χ1n) is 11.8. The molecule has 3 N–H and O–H groups in total. The van der Waals surface area contributed by atoms with Gasteiger partial charge in [0.05, 0.1) is 17.0 Å². The number of phenols is 1. The minimum absolute atomic E-state index is 0.00524. The molecule has 0 atom stereocenters. The van der Waals surface area contributed by atoms with Gasteiger partial charge in [0.2, 0.25) is 0 Å². The van der Waals surface area contributed by atoms with Crippen molar-refractivity contribution in [1.29, 1.82) is 0 Å². The Hall–Kier alpha value is -4.53. The number of carbonyl (C=O) groups excluding carboxylic acids is 1. The first-order valence-corrected chi connectivity index (χ1v) is 11.8. The monoisotopic (exact) mass is 500 g/mol. The number of carboxylic acids is 1. The summed E-state index contributed by atoms with van der Waals surface area (Å²) in [4.78, 5) is 24.5. The van der Waals surface area contributed by atoms with Crippen LogP contribution < -0.4 is 10.4 Å². The van der Waals surface area contributed by atoms with Gasteiger partial charge in [0, 0.05) is 11.6 Å². The van der Waals surface area contributed by atoms with E-state index in [1.807, 2.05) is 18.2 Å². The molecule has 1 amide bonds. The molecule has 0 aromatic heterocycles. The van der Waals surface area contributed by atoms with Crippen LogP contribution in [0.2, 0.25) is 0 Å². The third kappa shape index (κ3) is 4.33. The predicted octanol–water partition coefficient (Wildman–Crippen LogP) is 5.31. The number of hydrogen-bond donors (Lipinski definition) is 3. The molecule has 0 bridgehead atoms. The van der Waals surface area contributed by atoms with Gasteiger partial charge < -0.3 is 10.2 Å². The molecule has 0 saturated carbocycles. The number of halogens is 1. The normalized spacial score (nSPS) is 17.2. The van der Waals surface area contributed by atoms with E-state index in [2.05, 4.69) is 29.5 Å². The second-order valence-corrected chi connectivity index (χ2v) is 9.84. The smallest absolute Gasteiger partial charge is 0.335 e. The van der Waals surface area contributed by atoms with Crippen LogP contribution in [0.15, 0.2) is 64.8 Å². The Bertz CT molecular complexity index is 1530. The fraction of sp³-hybridized carbons (Fsp3) is 0.214. The zero-order chi connectivity index (χ0) is 26.5. The number of carbonyl (C=O) groups is 2. The van der Waals surface area contributed by atoms with Crippen molar-refractivity contribution >= 4 is 34.7 Å². The zero-order valence-electron chi connectivity index (χ0n) is 20.5. The number of hydrogen-bond acceptors (Lipinski definition) is 6. The molecule has 3 aromatic rings. The molecule has 2 aliphatic rings. The summed E-state index contributed by atoms with van der Waals surface area (Å²) < 4.78 is 14.4. The lowest BCUT2D eigenvalue weighted by atomic mass is 9.86. The van der Waals surface area contributed by atoms with Gasteiger partial charge in [-0.05, 0) is 72.2 Å². The summed E-state index contributed by atoms with van der Waals surface area (Å²) >= 11 is 0. The van der Waals surface area contributed by atoms with Gasteiger partial charge in [-0.25, -0.2) is 9.18 Å². The van der Waals surface area contributed by atoms with Crippen LogP contribution in [-0.4, -0.2) is 33.5 Å². The number of nitrogens with one attached hydrogen (secondary N) is 1. The Kier molecular flexibility index (Phi) is 5.78. The lowest BCUT2D eigenvalue weighted by Gasteiger charge is -2.21. The number of aryl methyl sites for hydroxylation is 1. The molecule has 1 aliphatic heterocycles. The highest BCUT2D eigenvalue weighted by molar-refractivity contribution is 6.71. The summed E-state index contributed by atoms with van der Waals surface area (Å²) in [6, 6.07) is 13.8. The Morgan fingerprint density at radius 1 is 1.16 bits per heavy atom. The second kappa shape index (κ2) is 8.85. The first kappa shape index (κ1) is 24.2. The molecule has 0 saturated heterocycles. The van der Waals surface area contributed by atoms with E-state index in [0.29, 0.717) is 17.0 Å². The van der Waals surface area contributed by atoms with Gasteiger partial charge >= 0.3 is 11.9 Å². The number of aromatic hydroxyl groups is 1. The number of amides is 1. The molecule has 3 aromatic carbocycles. The highest BCUT2D eigenvalue weighted by Gasteiger charge is 2.34. The molecule has 188 valence electrons. The summed E-state index contributed by atoms with van der Waals surface area (Å²) in [5.74, 6) is -2.62. The van der Waals surface area contributed by atoms with E-state index in [4.69, 9.17) is 0 Å². The molecule has 1 aliphatic carbocycles. The first-order chi connectivity index (χ1) is 17.5. The average Bonchev–Trinajstić information content (AvgIpc) is 3.33. The van der Waals surface area contributed by atoms with Crippen molar-refractivity contribution in [2.24, 2.45) is 10.2 Å². The number of rotatable bonds is 5. The lowest BCUT2D eigenvalue weighted by Crippen LogP contribution is -2.28. The van der Waals surface area contributed by atoms with Crippen LogP contribution in [0.3, 0.4) is 0 Å². The van der Waals surface area contributed by atoms with Crippen molar-refractivity contribution in [3.05, 3.63) is 77.1 Å². The molecular formula is C28H25FN4O4. The number of phenolic OH excluding ortho intramolecular Hbond substituents is 1. The van der Waals surface area contributed by atoms with Crippen LogP contribution >= 0.6 is 0 Å². The van der Waals surface area contributed by atoms with Gasteiger partial charge in [-0.15, -0.1) is 0 Å². The van der Waals surface area contributed by atoms with E-state index in [-0.39, 0.29) is 33.7 Å². The van der Waals surface area contributed by atoms with Crippen LogP contribution in [0.4, 0.5) is 15.8 Å². The number of hydrazone groups is 2. The van der Waals surface area contributed by atoms with Gasteiger partial charge in [-0.3, -0.25) is 10.2 Å². The number of benzene rings is 3. The minimum Gasteiger partial charge on any atom is -0.505 e. The Morgan fingerprint density at radius 2 is 1.95 bits per heavy atom. The molecule has 1 heterocycles. The Balaban J connectivity index is 1.43. The summed E-state index contributed by atoms with van der Waals surface area (Å²) in [7, 11) is 0. The van der Waals surface area contributed by atoms with Gasteiger partial charge in [0.1, 0.15) is 17.3 Å². The molecule has 0 spiro atoms. The van der Waals surface area contributed by atoms with Crippen LogP contribution in [0.5, 0.6) is 5.75 Å². The summed E-state index contributed by atoms with van der Waals surface area (Å²) in [5, 5.41) is 29.9. The number of carboxylic acid groups (broad SMARTS) is 1. The summed E-state index contributed by atoms with van der Waals surface area (Å²) in [6.07, 6.45) is 2.04. The zero-order valence-corrected chi connectivity index (χ0v) is 20.5. The second-order valence-electron chi connectivity index (χ2n) is 9.84. The molecule has 5 rings (SSSR count). The molecule has 0 unspecified atom stereocenters. The van der Waals surface area contributed by atoms with Gasteiger partial charge in [-0.1, -0.05) is 32.0 Å². The molecule has 37 heavy (non-hydrogen) atoms. The molecular weight excluding hydrogens is 475 g/mol. The lowest BCUT2D eigenvalue weighted by molar-refractivity contribution is -0.112. The summed E-state index contributed by atoms with van der Waals surface area (Å²) in [6.45, 7) is 6.00. The van der Waals surface area contributed by atoms with Crippen LogP contribution in [-0.2, 0) is 16.6 Å². The maximum absolute atomic E-state index is 14.4. The Morgan fingerprint density at radius 3 is 2.70 bits per heavy atom. The van der Waals surface area contributed by atoms with E-state index < -0.39 is 17.7 Å². The van der Waals surface area contributed by atoms with Crippen molar-refractivity contribution in [2.75, 3.05) is 10.4 Å². The van der Waals surface area contributed by atoms with Crippen LogP contribution in [0, 0.1) is 5.82 Å². The third-order valence-electron chi connectivity index (χ3n) is 6.86. The van der Waals surface area contributed by atoms with E-state index in [1.54, 1.807) is 13.0 Å². The van der Waals surface area contributed by atoms with Gasteiger partial charge in [0.15, 0.2) is 5.71 Å². The highest BCUT2D eigenvalue weighted by atomic mass is 19.1.